The number of halogens is 1. The molecule has 0 saturated heterocycles. The van der Waals surface area contributed by atoms with Crippen molar-refractivity contribution < 1.29 is 9.13 Å². The number of benzene rings is 1. The van der Waals surface area contributed by atoms with Crippen LogP contribution in [0.2, 0.25) is 0 Å². The predicted molar refractivity (Wildman–Crippen MR) is 61.0 cm³/mol. The van der Waals surface area contributed by atoms with Gasteiger partial charge in [-0.3, -0.25) is 0 Å². The van der Waals surface area contributed by atoms with E-state index in [0.717, 1.165) is 25.1 Å². The highest BCUT2D eigenvalue weighted by Gasteiger charge is 2.03. The first-order valence-corrected chi connectivity index (χ1v) is 5.44. The molecule has 0 radical (unpaired) electrons. The maximum atomic E-state index is 13.4. The zero-order chi connectivity index (χ0) is 11.1. The molecule has 0 atom stereocenters. The SMILES string of the molecule is CCCCNc1ccc(OCC)c(F)c1. The molecule has 0 aliphatic carbocycles. The second kappa shape index (κ2) is 6.27. The zero-order valence-corrected chi connectivity index (χ0v) is 9.35. The summed E-state index contributed by atoms with van der Waals surface area (Å²) in [4.78, 5) is 0. The number of unbranched alkanes of at least 4 members (excludes halogenated alkanes) is 1. The largest absolute Gasteiger partial charge is 0.491 e. The van der Waals surface area contributed by atoms with Gasteiger partial charge in [-0.2, -0.15) is 0 Å². The van der Waals surface area contributed by atoms with Crippen molar-refractivity contribution in [3.05, 3.63) is 24.0 Å². The van der Waals surface area contributed by atoms with Crippen LogP contribution in [0.4, 0.5) is 10.1 Å². The van der Waals surface area contributed by atoms with Crippen LogP contribution >= 0.6 is 0 Å². The van der Waals surface area contributed by atoms with Crippen LogP contribution in [0.3, 0.4) is 0 Å². The summed E-state index contributed by atoms with van der Waals surface area (Å²) in [6, 6.07) is 4.97. The van der Waals surface area contributed by atoms with Crippen LogP contribution in [0.15, 0.2) is 18.2 Å². The molecule has 0 heterocycles. The molecule has 0 amide bonds. The van der Waals surface area contributed by atoms with Gasteiger partial charge in [0.15, 0.2) is 11.6 Å². The average Bonchev–Trinajstić information content (AvgIpc) is 2.23. The molecule has 0 aromatic heterocycles. The minimum atomic E-state index is -0.307. The molecular formula is C12H18FNO. The minimum Gasteiger partial charge on any atom is -0.491 e. The van der Waals surface area contributed by atoms with Gasteiger partial charge in [0.05, 0.1) is 6.61 Å². The number of hydrogen-bond donors (Lipinski definition) is 1. The molecule has 1 aromatic carbocycles. The molecule has 3 heteroatoms. The molecule has 1 rings (SSSR count). The normalized spacial score (nSPS) is 10.1. The lowest BCUT2D eigenvalue weighted by molar-refractivity contribution is 0.321. The molecule has 0 bridgehead atoms. The van der Waals surface area contributed by atoms with E-state index in [4.69, 9.17) is 4.74 Å². The van der Waals surface area contributed by atoms with Crippen LogP contribution in [0, 0.1) is 5.82 Å². The molecule has 0 spiro atoms. The van der Waals surface area contributed by atoms with Crippen LogP contribution < -0.4 is 10.1 Å². The lowest BCUT2D eigenvalue weighted by atomic mass is 10.2. The van der Waals surface area contributed by atoms with Gasteiger partial charge in [-0.15, -0.1) is 0 Å². The van der Waals surface area contributed by atoms with Crippen molar-refractivity contribution in [2.24, 2.45) is 0 Å². The molecule has 84 valence electrons. The molecule has 1 aromatic rings. The van der Waals surface area contributed by atoms with Gasteiger partial charge in [-0.05, 0) is 25.5 Å². The van der Waals surface area contributed by atoms with E-state index in [-0.39, 0.29) is 5.82 Å². The minimum absolute atomic E-state index is 0.307. The van der Waals surface area contributed by atoms with Gasteiger partial charge < -0.3 is 10.1 Å². The fourth-order valence-corrected chi connectivity index (χ4v) is 1.29. The first-order chi connectivity index (χ1) is 7.27. The van der Waals surface area contributed by atoms with Crippen molar-refractivity contribution in [3.63, 3.8) is 0 Å². The lowest BCUT2D eigenvalue weighted by Crippen LogP contribution is -2.02. The fourth-order valence-electron chi connectivity index (χ4n) is 1.29. The molecular weight excluding hydrogens is 193 g/mol. The summed E-state index contributed by atoms with van der Waals surface area (Å²) >= 11 is 0. The Kier molecular flexibility index (Phi) is 4.95. The lowest BCUT2D eigenvalue weighted by Gasteiger charge is -2.08. The van der Waals surface area contributed by atoms with E-state index >= 15 is 0 Å². The summed E-state index contributed by atoms with van der Waals surface area (Å²) in [6.45, 7) is 5.33. The zero-order valence-electron chi connectivity index (χ0n) is 9.35. The summed E-state index contributed by atoms with van der Waals surface area (Å²) in [5, 5.41) is 3.16. The molecule has 0 unspecified atom stereocenters. The first-order valence-electron chi connectivity index (χ1n) is 5.44. The second-order valence-corrected chi connectivity index (χ2v) is 3.36. The fraction of sp³-hybridized carbons (Fsp3) is 0.500. The Bertz CT molecular complexity index is 302. The van der Waals surface area contributed by atoms with E-state index in [9.17, 15) is 4.39 Å². The van der Waals surface area contributed by atoms with E-state index < -0.39 is 0 Å². The van der Waals surface area contributed by atoms with Gasteiger partial charge in [-0.25, -0.2) is 4.39 Å². The summed E-state index contributed by atoms with van der Waals surface area (Å²) in [5.41, 5.74) is 0.810. The quantitative estimate of drug-likeness (QED) is 0.728. The topological polar surface area (TPSA) is 21.3 Å². The first kappa shape index (κ1) is 11.8. The summed E-state index contributed by atoms with van der Waals surface area (Å²) < 4.78 is 18.5. The van der Waals surface area contributed by atoms with Crippen LogP contribution in [0.25, 0.3) is 0 Å². The molecule has 1 N–H and O–H groups in total. The van der Waals surface area contributed by atoms with E-state index in [0.29, 0.717) is 12.4 Å². The van der Waals surface area contributed by atoms with E-state index in [1.54, 1.807) is 6.07 Å². The van der Waals surface area contributed by atoms with Crippen molar-refractivity contribution in [2.45, 2.75) is 26.7 Å². The third-order valence-electron chi connectivity index (χ3n) is 2.09. The number of ether oxygens (including phenoxy) is 1. The van der Waals surface area contributed by atoms with Gasteiger partial charge in [0, 0.05) is 18.3 Å². The highest BCUT2D eigenvalue weighted by atomic mass is 19.1. The molecule has 0 fully saturated rings. The monoisotopic (exact) mass is 211 g/mol. The van der Waals surface area contributed by atoms with Crippen molar-refractivity contribution in [3.8, 4) is 5.75 Å². The Morgan fingerprint density at radius 1 is 1.33 bits per heavy atom. The smallest absolute Gasteiger partial charge is 0.167 e. The summed E-state index contributed by atoms with van der Waals surface area (Å²) in [6.07, 6.45) is 2.22. The third-order valence-corrected chi connectivity index (χ3v) is 2.09. The summed E-state index contributed by atoms with van der Waals surface area (Å²) in [7, 11) is 0. The predicted octanol–water partition coefficient (Wildman–Crippen LogP) is 3.44. The average molecular weight is 211 g/mol. The standard InChI is InChI=1S/C12H18FNO/c1-3-5-8-14-10-6-7-12(15-4-2)11(13)9-10/h6-7,9,14H,3-5,8H2,1-2H3. The van der Waals surface area contributed by atoms with Gasteiger partial charge in [0.2, 0.25) is 0 Å². The van der Waals surface area contributed by atoms with E-state index in [2.05, 4.69) is 12.2 Å². The van der Waals surface area contributed by atoms with Gasteiger partial charge >= 0.3 is 0 Å². The van der Waals surface area contributed by atoms with Crippen LogP contribution in [0.1, 0.15) is 26.7 Å². The van der Waals surface area contributed by atoms with Crippen LogP contribution in [0.5, 0.6) is 5.75 Å². The van der Waals surface area contributed by atoms with E-state index in [1.807, 2.05) is 13.0 Å². The Morgan fingerprint density at radius 3 is 2.73 bits per heavy atom. The number of nitrogens with one attached hydrogen (secondary N) is 1. The van der Waals surface area contributed by atoms with Gasteiger partial charge in [0.1, 0.15) is 0 Å². The van der Waals surface area contributed by atoms with Crippen molar-refractivity contribution in [1.29, 1.82) is 0 Å². The third kappa shape index (κ3) is 3.78. The van der Waals surface area contributed by atoms with Crippen LogP contribution in [-0.4, -0.2) is 13.2 Å². The van der Waals surface area contributed by atoms with Crippen LogP contribution in [-0.2, 0) is 0 Å². The van der Waals surface area contributed by atoms with Crippen molar-refractivity contribution in [1.82, 2.24) is 0 Å². The van der Waals surface area contributed by atoms with Crippen molar-refractivity contribution in [2.75, 3.05) is 18.5 Å². The Balaban J connectivity index is 2.56. The maximum Gasteiger partial charge on any atom is 0.167 e. The van der Waals surface area contributed by atoms with Gasteiger partial charge in [0.25, 0.3) is 0 Å². The second-order valence-electron chi connectivity index (χ2n) is 3.36. The number of hydrogen-bond acceptors (Lipinski definition) is 2. The van der Waals surface area contributed by atoms with Crippen molar-refractivity contribution >= 4 is 5.69 Å². The molecule has 15 heavy (non-hydrogen) atoms. The molecule has 0 saturated carbocycles. The Labute approximate surface area is 90.4 Å². The summed E-state index contributed by atoms with van der Waals surface area (Å²) in [5.74, 6) is 0.0110. The molecule has 0 aliphatic heterocycles. The van der Waals surface area contributed by atoms with E-state index in [1.165, 1.54) is 6.07 Å². The Morgan fingerprint density at radius 2 is 2.13 bits per heavy atom. The highest BCUT2D eigenvalue weighted by Crippen LogP contribution is 2.20. The van der Waals surface area contributed by atoms with Gasteiger partial charge in [-0.1, -0.05) is 13.3 Å². The molecule has 2 nitrogen and oxygen atoms in total. The Hall–Kier alpha value is -1.25. The number of anilines is 1. The number of rotatable bonds is 6. The highest BCUT2D eigenvalue weighted by molar-refractivity contribution is 5.47. The maximum absolute atomic E-state index is 13.4. The molecule has 0 aliphatic rings.